The van der Waals surface area contributed by atoms with Crippen molar-refractivity contribution in [1.82, 2.24) is 15.2 Å². The molecule has 0 saturated heterocycles. The predicted molar refractivity (Wildman–Crippen MR) is 87.4 cm³/mol. The standard InChI is InChI=1S/C14H14N4O2S2/c1-8(2)12-17-18-13(22-12)16-11(19)7-21-14-15-9-5-3-4-6-10(9)20-14/h3-6,8H,7H2,1-2H3,(H,16,18,19). The fraction of sp³-hybridized carbons (Fsp3) is 0.286. The van der Waals surface area contributed by atoms with E-state index in [1.54, 1.807) is 0 Å². The Bertz CT molecular complexity index is 764. The number of nitrogens with zero attached hydrogens (tertiary/aromatic N) is 3. The van der Waals surface area contributed by atoms with Crippen LogP contribution in [-0.2, 0) is 4.79 Å². The van der Waals surface area contributed by atoms with Crippen LogP contribution in [0, 0.1) is 0 Å². The van der Waals surface area contributed by atoms with Gasteiger partial charge in [-0.15, -0.1) is 10.2 Å². The molecule has 0 aliphatic heterocycles. The summed E-state index contributed by atoms with van der Waals surface area (Å²) in [5, 5.41) is 12.6. The molecule has 1 N–H and O–H groups in total. The van der Waals surface area contributed by atoms with Crippen LogP contribution in [0.1, 0.15) is 24.8 Å². The normalized spacial score (nSPS) is 11.2. The van der Waals surface area contributed by atoms with Crippen molar-refractivity contribution in [3.63, 3.8) is 0 Å². The Morgan fingerprint density at radius 3 is 2.91 bits per heavy atom. The summed E-state index contributed by atoms with van der Waals surface area (Å²) in [5.74, 6) is 0.361. The Labute approximate surface area is 135 Å². The summed E-state index contributed by atoms with van der Waals surface area (Å²) in [7, 11) is 0. The van der Waals surface area contributed by atoms with Gasteiger partial charge >= 0.3 is 0 Å². The number of aromatic nitrogens is 3. The summed E-state index contributed by atoms with van der Waals surface area (Å²) in [4.78, 5) is 16.2. The SMILES string of the molecule is CC(C)c1nnc(NC(=O)CSc2nc3ccccc3o2)s1. The highest BCUT2D eigenvalue weighted by Gasteiger charge is 2.12. The minimum atomic E-state index is -0.154. The summed E-state index contributed by atoms with van der Waals surface area (Å²) in [6.07, 6.45) is 0. The smallest absolute Gasteiger partial charge is 0.257 e. The molecule has 3 aromatic rings. The average molecular weight is 334 g/mol. The van der Waals surface area contributed by atoms with Gasteiger partial charge in [-0.25, -0.2) is 4.98 Å². The molecule has 0 fully saturated rings. The number of hydrogen-bond acceptors (Lipinski definition) is 7. The molecule has 0 unspecified atom stereocenters. The van der Waals surface area contributed by atoms with E-state index in [1.165, 1.54) is 23.1 Å². The van der Waals surface area contributed by atoms with Crippen molar-refractivity contribution in [3.8, 4) is 0 Å². The second-order valence-electron chi connectivity index (χ2n) is 4.88. The highest BCUT2D eigenvalue weighted by Crippen LogP contribution is 2.25. The summed E-state index contributed by atoms with van der Waals surface area (Å²) >= 11 is 2.65. The molecule has 0 saturated carbocycles. The van der Waals surface area contributed by atoms with Crippen LogP contribution < -0.4 is 5.32 Å². The number of oxazole rings is 1. The molecule has 22 heavy (non-hydrogen) atoms. The van der Waals surface area contributed by atoms with Gasteiger partial charge in [0.1, 0.15) is 10.5 Å². The Morgan fingerprint density at radius 2 is 2.18 bits per heavy atom. The molecule has 0 radical (unpaired) electrons. The van der Waals surface area contributed by atoms with Crippen LogP contribution in [0.4, 0.5) is 5.13 Å². The number of fused-ring (bicyclic) bond motifs is 1. The Hall–Kier alpha value is -1.93. The summed E-state index contributed by atoms with van der Waals surface area (Å²) in [6.45, 7) is 4.07. The maximum atomic E-state index is 11.9. The second kappa shape index (κ2) is 6.45. The van der Waals surface area contributed by atoms with Crippen molar-refractivity contribution in [2.24, 2.45) is 0 Å². The van der Waals surface area contributed by atoms with Crippen molar-refractivity contribution in [3.05, 3.63) is 29.3 Å². The summed E-state index contributed by atoms with van der Waals surface area (Å²) in [6, 6.07) is 7.50. The molecule has 3 rings (SSSR count). The quantitative estimate of drug-likeness (QED) is 0.719. The van der Waals surface area contributed by atoms with E-state index < -0.39 is 0 Å². The number of hydrogen-bond donors (Lipinski definition) is 1. The van der Waals surface area contributed by atoms with Crippen molar-refractivity contribution in [1.29, 1.82) is 0 Å². The lowest BCUT2D eigenvalue weighted by Gasteiger charge is -1.98. The van der Waals surface area contributed by atoms with Gasteiger partial charge in [0, 0.05) is 5.92 Å². The van der Waals surface area contributed by atoms with E-state index in [1.807, 2.05) is 38.1 Å². The van der Waals surface area contributed by atoms with Crippen LogP contribution in [0.2, 0.25) is 0 Å². The second-order valence-corrected chi connectivity index (χ2v) is 6.82. The fourth-order valence-electron chi connectivity index (χ4n) is 1.71. The van der Waals surface area contributed by atoms with Crippen molar-refractivity contribution < 1.29 is 9.21 Å². The van der Waals surface area contributed by atoms with Crippen LogP contribution in [0.3, 0.4) is 0 Å². The van der Waals surface area contributed by atoms with Gasteiger partial charge in [-0.2, -0.15) is 0 Å². The first-order valence-corrected chi connectivity index (χ1v) is 8.53. The van der Waals surface area contributed by atoms with Gasteiger partial charge in [0.2, 0.25) is 11.0 Å². The van der Waals surface area contributed by atoms with Crippen molar-refractivity contribution in [2.45, 2.75) is 25.0 Å². The van der Waals surface area contributed by atoms with Gasteiger partial charge in [-0.1, -0.05) is 49.1 Å². The molecule has 1 amide bonds. The lowest BCUT2D eigenvalue weighted by Crippen LogP contribution is -2.13. The van der Waals surface area contributed by atoms with E-state index in [9.17, 15) is 4.79 Å². The van der Waals surface area contributed by atoms with E-state index in [0.29, 0.717) is 16.3 Å². The van der Waals surface area contributed by atoms with E-state index in [2.05, 4.69) is 20.5 Å². The number of rotatable bonds is 5. The average Bonchev–Trinajstić information content (AvgIpc) is 3.11. The van der Waals surface area contributed by atoms with Gasteiger partial charge in [0.15, 0.2) is 5.58 Å². The minimum Gasteiger partial charge on any atom is -0.431 e. The maximum absolute atomic E-state index is 11.9. The number of carbonyl (C=O) groups excluding carboxylic acids is 1. The molecular formula is C14H14N4O2S2. The predicted octanol–water partition coefficient (Wildman–Crippen LogP) is 3.53. The molecule has 0 aliphatic carbocycles. The zero-order valence-electron chi connectivity index (χ0n) is 12.1. The zero-order chi connectivity index (χ0) is 15.5. The Balaban J connectivity index is 1.57. The van der Waals surface area contributed by atoms with Crippen molar-refractivity contribution >= 4 is 45.2 Å². The Morgan fingerprint density at radius 1 is 1.36 bits per heavy atom. The molecule has 1 aromatic carbocycles. The highest BCUT2D eigenvalue weighted by molar-refractivity contribution is 7.99. The van der Waals surface area contributed by atoms with E-state index in [0.717, 1.165) is 16.1 Å². The third kappa shape index (κ3) is 3.45. The first-order chi connectivity index (χ1) is 10.6. The third-order valence-electron chi connectivity index (χ3n) is 2.78. The van der Waals surface area contributed by atoms with E-state index in [4.69, 9.17) is 4.42 Å². The lowest BCUT2D eigenvalue weighted by molar-refractivity contribution is -0.113. The molecule has 0 bridgehead atoms. The van der Waals surface area contributed by atoms with Crippen molar-refractivity contribution in [2.75, 3.05) is 11.1 Å². The topological polar surface area (TPSA) is 80.9 Å². The molecule has 114 valence electrons. The van der Waals surface area contributed by atoms with Gasteiger partial charge in [0.05, 0.1) is 5.75 Å². The minimum absolute atomic E-state index is 0.154. The van der Waals surface area contributed by atoms with Gasteiger partial charge in [0.25, 0.3) is 5.22 Å². The number of thioether (sulfide) groups is 1. The molecule has 2 heterocycles. The third-order valence-corrected chi connectivity index (χ3v) is 4.75. The monoisotopic (exact) mass is 334 g/mol. The molecule has 0 atom stereocenters. The van der Waals surface area contributed by atoms with Crippen LogP contribution >= 0.6 is 23.1 Å². The maximum Gasteiger partial charge on any atom is 0.257 e. The number of anilines is 1. The van der Waals surface area contributed by atoms with Crippen LogP contribution in [-0.4, -0.2) is 26.8 Å². The highest BCUT2D eigenvalue weighted by atomic mass is 32.2. The van der Waals surface area contributed by atoms with Crippen LogP contribution in [0.15, 0.2) is 33.9 Å². The number of amides is 1. The van der Waals surface area contributed by atoms with Gasteiger partial charge < -0.3 is 4.42 Å². The first kappa shape index (κ1) is 15.0. The van der Waals surface area contributed by atoms with E-state index >= 15 is 0 Å². The summed E-state index contributed by atoms with van der Waals surface area (Å²) in [5.41, 5.74) is 1.51. The largest absolute Gasteiger partial charge is 0.431 e. The molecular weight excluding hydrogens is 320 g/mol. The summed E-state index contributed by atoms with van der Waals surface area (Å²) < 4.78 is 5.55. The molecule has 8 heteroatoms. The molecule has 6 nitrogen and oxygen atoms in total. The zero-order valence-corrected chi connectivity index (χ0v) is 13.7. The van der Waals surface area contributed by atoms with E-state index in [-0.39, 0.29) is 11.7 Å². The number of nitrogens with one attached hydrogen (secondary N) is 1. The number of para-hydroxylation sites is 2. The van der Waals surface area contributed by atoms with Crippen LogP contribution in [0.25, 0.3) is 11.1 Å². The van der Waals surface area contributed by atoms with Gasteiger partial charge in [-0.3, -0.25) is 10.1 Å². The van der Waals surface area contributed by atoms with Gasteiger partial charge in [-0.05, 0) is 12.1 Å². The molecule has 0 aliphatic rings. The van der Waals surface area contributed by atoms with Crippen LogP contribution in [0.5, 0.6) is 0 Å². The number of benzene rings is 1. The number of carbonyl (C=O) groups is 1. The Kier molecular flexibility index (Phi) is 4.39. The molecule has 0 spiro atoms. The molecule has 2 aromatic heterocycles. The lowest BCUT2D eigenvalue weighted by atomic mass is 10.2. The first-order valence-electron chi connectivity index (χ1n) is 6.73. The fourth-order valence-corrected chi connectivity index (χ4v) is 3.11.